The third-order valence-electron chi connectivity index (χ3n) is 3.67. The van der Waals surface area contributed by atoms with E-state index >= 15 is 0 Å². The molecule has 0 bridgehead atoms. The molecule has 18 heavy (non-hydrogen) atoms. The molecule has 0 aliphatic heterocycles. The Morgan fingerprint density at radius 2 is 2.06 bits per heavy atom. The molecule has 4 nitrogen and oxygen atoms in total. The Balaban J connectivity index is 2.09. The van der Waals surface area contributed by atoms with Crippen LogP contribution in [0, 0.1) is 0 Å². The molecule has 98 valence electrons. The van der Waals surface area contributed by atoms with E-state index < -0.39 is 0 Å². The summed E-state index contributed by atoms with van der Waals surface area (Å²) in [4.78, 5) is 18.5. The summed E-state index contributed by atoms with van der Waals surface area (Å²) in [7, 11) is 3.70. The lowest BCUT2D eigenvalue weighted by molar-refractivity contribution is 0.0690. The first-order valence-electron chi connectivity index (χ1n) is 6.64. The van der Waals surface area contributed by atoms with E-state index in [1.165, 1.54) is 19.3 Å². The van der Waals surface area contributed by atoms with Gasteiger partial charge in [-0.15, -0.1) is 0 Å². The average molecular weight is 247 g/mol. The number of hydrogen-bond donors (Lipinski definition) is 1. The van der Waals surface area contributed by atoms with Crippen LogP contribution in [0.5, 0.6) is 0 Å². The second-order valence-corrected chi connectivity index (χ2v) is 4.87. The van der Waals surface area contributed by atoms with Crippen LogP contribution in [0.15, 0.2) is 18.2 Å². The lowest BCUT2D eigenvalue weighted by atomic mass is 9.94. The van der Waals surface area contributed by atoms with Gasteiger partial charge in [-0.05, 0) is 25.0 Å². The maximum absolute atomic E-state index is 12.3. The van der Waals surface area contributed by atoms with Gasteiger partial charge in [-0.25, -0.2) is 4.98 Å². The molecule has 0 atom stereocenters. The Morgan fingerprint density at radius 1 is 1.33 bits per heavy atom. The molecule has 1 aliphatic rings. The lowest BCUT2D eigenvalue weighted by Gasteiger charge is -2.31. The molecule has 1 aliphatic carbocycles. The van der Waals surface area contributed by atoms with Crippen molar-refractivity contribution < 1.29 is 4.79 Å². The summed E-state index contributed by atoms with van der Waals surface area (Å²) in [6.07, 6.45) is 5.99. The smallest absolute Gasteiger partial charge is 0.272 e. The van der Waals surface area contributed by atoms with Crippen LogP contribution >= 0.6 is 0 Å². The Kier molecular flexibility index (Phi) is 4.18. The number of rotatable bonds is 3. The molecule has 0 saturated heterocycles. The second-order valence-electron chi connectivity index (χ2n) is 4.87. The van der Waals surface area contributed by atoms with E-state index in [1.54, 1.807) is 13.1 Å². The first-order valence-corrected chi connectivity index (χ1v) is 6.64. The van der Waals surface area contributed by atoms with Gasteiger partial charge in [0.05, 0.1) is 0 Å². The van der Waals surface area contributed by atoms with Crippen LogP contribution in [0.4, 0.5) is 5.82 Å². The van der Waals surface area contributed by atoms with Gasteiger partial charge in [0, 0.05) is 20.1 Å². The van der Waals surface area contributed by atoms with Gasteiger partial charge in [0.15, 0.2) is 0 Å². The molecule has 4 heteroatoms. The zero-order valence-electron chi connectivity index (χ0n) is 11.1. The Morgan fingerprint density at radius 3 is 2.72 bits per heavy atom. The van der Waals surface area contributed by atoms with Gasteiger partial charge in [0.2, 0.25) is 0 Å². The fraction of sp³-hybridized carbons (Fsp3) is 0.571. The number of nitrogens with zero attached hydrogens (tertiary/aromatic N) is 2. The van der Waals surface area contributed by atoms with E-state index in [0.717, 1.165) is 18.7 Å². The quantitative estimate of drug-likeness (QED) is 0.892. The summed E-state index contributed by atoms with van der Waals surface area (Å²) >= 11 is 0. The van der Waals surface area contributed by atoms with Crippen LogP contribution in [-0.2, 0) is 0 Å². The number of hydrogen-bond acceptors (Lipinski definition) is 3. The fourth-order valence-electron chi connectivity index (χ4n) is 2.51. The van der Waals surface area contributed by atoms with Crippen LogP contribution in [0.1, 0.15) is 42.6 Å². The topological polar surface area (TPSA) is 45.2 Å². The molecule has 0 aromatic carbocycles. The van der Waals surface area contributed by atoms with E-state index in [9.17, 15) is 4.79 Å². The number of amides is 1. The van der Waals surface area contributed by atoms with Crippen molar-refractivity contribution >= 4 is 11.7 Å². The maximum atomic E-state index is 12.3. The molecule has 1 N–H and O–H groups in total. The number of pyridine rings is 1. The summed E-state index contributed by atoms with van der Waals surface area (Å²) in [6.45, 7) is 0. The molecule has 1 saturated carbocycles. The van der Waals surface area contributed by atoms with Gasteiger partial charge in [-0.1, -0.05) is 25.3 Å². The first-order chi connectivity index (χ1) is 8.72. The van der Waals surface area contributed by atoms with Crippen molar-refractivity contribution in [2.45, 2.75) is 38.1 Å². The normalized spacial score (nSPS) is 16.3. The summed E-state index contributed by atoms with van der Waals surface area (Å²) in [6, 6.07) is 5.88. The number of anilines is 1. The van der Waals surface area contributed by atoms with Crippen molar-refractivity contribution in [2.24, 2.45) is 0 Å². The maximum Gasteiger partial charge on any atom is 0.272 e. The molecule has 1 heterocycles. The molecule has 1 aromatic rings. The van der Waals surface area contributed by atoms with Crippen LogP contribution < -0.4 is 5.32 Å². The molecule has 2 rings (SSSR count). The van der Waals surface area contributed by atoms with Crippen molar-refractivity contribution in [2.75, 3.05) is 19.4 Å². The predicted molar refractivity (Wildman–Crippen MR) is 72.8 cm³/mol. The number of aromatic nitrogens is 1. The van der Waals surface area contributed by atoms with Gasteiger partial charge in [-0.2, -0.15) is 0 Å². The van der Waals surface area contributed by atoms with Crippen LogP contribution in [0.2, 0.25) is 0 Å². The average Bonchev–Trinajstić information content (AvgIpc) is 2.46. The summed E-state index contributed by atoms with van der Waals surface area (Å²) in [5.74, 6) is 0.761. The Labute approximate surface area is 108 Å². The Bertz CT molecular complexity index is 413. The summed E-state index contributed by atoms with van der Waals surface area (Å²) in [5.41, 5.74) is 0.523. The highest BCUT2D eigenvalue weighted by atomic mass is 16.2. The minimum atomic E-state index is 0.0269. The molecule has 0 radical (unpaired) electrons. The highest BCUT2D eigenvalue weighted by Gasteiger charge is 2.23. The van der Waals surface area contributed by atoms with Crippen LogP contribution in [0.3, 0.4) is 0 Å². The summed E-state index contributed by atoms with van der Waals surface area (Å²) < 4.78 is 0. The number of carbonyl (C=O) groups excluding carboxylic acids is 1. The van der Waals surface area contributed by atoms with Gasteiger partial charge in [0.25, 0.3) is 5.91 Å². The largest absolute Gasteiger partial charge is 0.373 e. The fourth-order valence-corrected chi connectivity index (χ4v) is 2.51. The predicted octanol–water partition coefficient (Wildman–Crippen LogP) is 2.53. The zero-order valence-corrected chi connectivity index (χ0v) is 11.1. The molecule has 0 unspecified atom stereocenters. The van der Waals surface area contributed by atoms with Gasteiger partial charge < -0.3 is 10.2 Å². The van der Waals surface area contributed by atoms with Gasteiger partial charge in [-0.3, -0.25) is 4.79 Å². The molecule has 1 fully saturated rings. The highest BCUT2D eigenvalue weighted by molar-refractivity contribution is 5.92. The molecule has 1 amide bonds. The zero-order chi connectivity index (χ0) is 13.0. The minimum Gasteiger partial charge on any atom is -0.373 e. The van der Waals surface area contributed by atoms with E-state index in [1.807, 2.05) is 24.1 Å². The standard InChI is InChI=1S/C14H21N3O/c1-15-13-10-6-9-12(16-13)14(18)17(2)11-7-4-3-5-8-11/h6,9-11H,3-5,7-8H2,1-2H3,(H,15,16). The SMILES string of the molecule is CNc1cccc(C(=O)N(C)C2CCCCC2)n1. The Hall–Kier alpha value is -1.58. The minimum absolute atomic E-state index is 0.0269. The molecular formula is C14H21N3O. The van der Waals surface area contributed by atoms with Crippen LogP contribution in [-0.4, -0.2) is 35.9 Å². The lowest BCUT2D eigenvalue weighted by Crippen LogP contribution is -2.38. The highest BCUT2D eigenvalue weighted by Crippen LogP contribution is 2.22. The van der Waals surface area contributed by atoms with Crippen molar-refractivity contribution in [1.29, 1.82) is 0 Å². The van der Waals surface area contributed by atoms with E-state index in [2.05, 4.69) is 10.3 Å². The summed E-state index contributed by atoms with van der Waals surface area (Å²) in [5, 5.41) is 2.96. The van der Waals surface area contributed by atoms with Crippen molar-refractivity contribution in [3.8, 4) is 0 Å². The third-order valence-corrected chi connectivity index (χ3v) is 3.67. The van der Waals surface area contributed by atoms with Crippen molar-refractivity contribution in [3.05, 3.63) is 23.9 Å². The molecule has 0 spiro atoms. The number of nitrogens with one attached hydrogen (secondary N) is 1. The number of carbonyl (C=O) groups is 1. The first kappa shape index (κ1) is 12.9. The monoisotopic (exact) mass is 247 g/mol. The molecule has 1 aromatic heterocycles. The van der Waals surface area contributed by atoms with E-state index in [4.69, 9.17) is 0 Å². The second kappa shape index (κ2) is 5.85. The van der Waals surface area contributed by atoms with Gasteiger partial charge >= 0.3 is 0 Å². The van der Waals surface area contributed by atoms with Gasteiger partial charge in [0.1, 0.15) is 11.5 Å². The van der Waals surface area contributed by atoms with Crippen LogP contribution in [0.25, 0.3) is 0 Å². The van der Waals surface area contributed by atoms with E-state index in [-0.39, 0.29) is 5.91 Å². The molecular weight excluding hydrogens is 226 g/mol. The van der Waals surface area contributed by atoms with Crippen molar-refractivity contribution in [1.82, 2.24) is 9.88 Å². The van der Waals surface area contributed by atoms with E-state index in [0.29, 0.717) is 11.7 Å². The third kappa shape index (κ3) is 2.81. The van der Waals surface area contributed by atoms with Crippen molar-refractivity contribution in [3.63, 3.8) is 0 Å².